The van der Waals surface area contributed by atoms with Gasteiger partial charge in [-0.05, 0) is 52.7 Å². The second-order valence-corrected chi connectivity index (χ2v) is 12.6. The van der Waals surface area contributed by atoms with Gasteiger partial charge in [-0.2, -0.15) is 0 Å². The Hall–Kier alpha value is -6.52. The second-order valence-electron chi connectivity index (χ2n) is 12.6. The maximum atomic E-state index is 5.47. The zero-order chi connectivity index (χ0) is 31.3. The first kappa shape index (κ1) is 25.6. The van der Waals surface area contributed by atoms with E-state index < -0.39 is 0 Å². The molecule has 7 aromatic carbocycles. The van der Waals surface area contributed by atoms with Crippen LogP contribution in [0.4, 0.5) is 0 Å². The monoisotopic (exact) mass is 610 g/mol. The van der Waals surface area contributed by atoms with Gasteiger partial charge >= 0.3 is 0 Å². The van der Waals surface area contributed by atoms with Crippen molar-refractivity contribution in [3.8, 4) is 45.3 Å². The van der Waals surface area contributed by atoms with E-state index in [2.05, 4.69) is 167 Å². The van der Waals surface area contributed by atoms with Gasteiger partial charge in [0.05, 0.1) is 33.5 Å². The number of rotatable bonds is 3. The minimum atomic E-state index is 0.676. The molecular weight excluding hydrogens is 585 g/mol. The van der Waals surface area contributed by atoms with Crippen LogP contribution in [0.15, 0.2) is 158 Å². The molecular formula is C44H26N4. The molecule has 3 heterocycles. The fraction of sp³-hybridized carbons (Fsp3) is 0. The Morgan fingerprint density at radius 2 is 1.10 bits per heavy atom. The van der Waals surface area contributed by atoms with E-state index in [1.54, 1.807) is 0 Å². The molecule has 0 atom stereocenters. The summed E-state index contributed by atoms with van der Waals surface area (Å²) < 4.78 is 4.65. The topological polar surface area (TPSA) is 35.6 Å². The van der Waals surface area contributed by atoms with E-state index in [1.807, 2.05) is 0 Å². The van der Waals surface area contributed by atoms with Crippen molar-refractivity contribution in [2.24, 2.45) is 0 Å². The summed E-state index contributed by atoms with van der Waals surface area (Å²) in [5.74, 6) is 0.676. The highest BCUT2D eigenvalue weighted by Crippen LogP contribution is 2.52. The highest BCUT2D eigenvalue weighted by Gasteiger charge is 2.30. The Morgan fingerprint density at radius 1 is 0.438 bits per heavy atom. The van der Waals surface area contributed by atoms with Crippen molar-refractivity contribution in [1.29, 1.82) is 0 Å². The molecule has 3 aromatic heterocycles. The summed E-state index contributed by atoms with van der Waals surface area (Å²) in [6.45, 7) is 0. The first-order chi connectivity index (χ1) is 23.8. The van der Waals surface area contributed by atoms with Crippen molar-refractivity contribution >= 4 is 54.4 Å². The van der Waals surface area contributed by atoms with Gasteiger partial charge < -0.3 is 4.57 Å². The number of hydrogen-bond acceptors (Lipinski definition) is 2. The highest BCUT2D eigenvalue weighted by molar-refractivity contribution is 6.22. The highest BCUT2D eigenvalue weighted by atomic mass is 15.2. The Morgan fingerprint density at radius 3 is 1.94 bits per heavy atom. The van der Waals surface area contributed by atoms with Crippen molar-refractivity contribution in [2.45, 2.75) is 0 Å². The van der Waals surface area contributed by atoms with Crippen LogP contribution in [0.2, 0.25) is 0 Å². The molecule has 4 heteroatoms. The lowest BCUT2D eigenvalue weighted by atomic mass is 10.0. The van der Waals surface area contributed by atoms with Crippen LogP contribution in [0.25, 0.3) is 99.7 Å². The average Bonchev–Trinajstić information content (AvgIpc) is 3.78. The number of para-hydroxylation sites is 4. The number of hydrogen-bond donors (Lipinski definition) is 0. The van der Waals surface area contributed by atoms with Gasteiger partial charge in [-0.15, -0.1) is 0 Å². The molecule has 222 valence electrons. The third-order valence-corrected chi connectivity index (χ3v) is 10.1. The number of benzene rings is 7. The summed E-state index contributed by atoms with van der Waals surface area (Å²) in [5.41, 5.74) is 12.4. The van der Waals surface area contributed by atoms with E-state index >= 15 is 0 Å². The van der Waals surface area contributed by atoms with E-state index in [0.717, 1.165) is 44.6 Å². The molecule has 11 rings (SSSR count). The van der Waals surface area contributed by atoms with Gasteiger partial charge in [0.2, 0.25) is 5.95 Å². The van der Waals surface area contributed by atoms with Gasteiger partial charge in [-0.25, -0.2) is 9.97 Å². The van der Waals surface area contributed by atoms with Crippen molar-refractivity contribution < 1.29 is 0 Å². The smallest absolute Gasteiger partial charge is 0.235 e. The van der Waals surface area contributed by atoms with Crippen LogP contribution in [0.1, 0.15) is 0 Å². The molecule has 0 radical (unpaired) electrons. The predicted molar refractivity (Wildman–Crippen MR) is 198 cm³/mol. The summed E-state index contributed by atoms with van der Waals surface area (Å²) in [5, 5.41) is 7.24. The first-order valence-corrected chi connectivity index (χ1v) is 16.4. The third-order valence-electron chi connectivity index (χ3n) is 10.1. The van der Waals surface area contributed by atoms with Gasteiger partial charge in [-0.3, -0.25) is 4.57 Å². The Balaban J connectivity index is 1.22. The lowest BCUT2D eigenvalue weighted by molar-refractivity contribution is 0.993. The SMILES string of the molecule is c1ccc(-n2c3ccccc3c3ccc(-c4nc(-n5c6c(c7ccccc75)-c5cccc7cccc-6c57)nc5ccccc45)cc32)cc1. The number of aromatic nitrogens is 4. The fourth-order valence-electron chi connectivity index (χ4n) is 8.08. The molecule has 48 heavy (non-hydrogen) atoms. The van der Waals surface area contributed by atoms with Crippen LogP contribution >= 0.6 is 0 Å². The molecule has 0 fully saturated rings. The summed E-state index contributed by atoms with van der Waals surface area (Å²) in [6.07, 6.45) is 0. The third kappa shape index (κ3) is 3.38. The van der Waals surface area contributed by atoms with E-state index in [1.165, 1.54) is 49.1 Å². The molecule has 1 aliphatic rings. The predicted octanol–water partition coefficient (Wildman–Crippen LogP) is 11.1. The lowest BCUT2D eigenvalue weighted by Gasteiger charge is -2.14. The quantitative estimate of drug-likeness (QED) is 0.199. The molecule has 10 aromatic rings. The Bertz CT molecular complexity index is 2940. The summed E-state index contributed by atoms with van der Waals surface area (Å²) >= 11 is 0. The summed E-state index contributed by atoms with van der Waals surface area (Å²) in [6, 6.07) is 56.3. The molecule has 1 aliphatic carbocycles. The fourth-order valence-corrected chi connectivity index (χ4v) is 8.08. The molecule has 0 bridgehead atoms. The molecule has 4 nitrogen and oxygen atoms in total. The van der Waals surface area contributed by atoms with E-state index in [-0.39, 0.29) is 0 Å². The lowest BCUT2D eigenvalue weighted by Crippen LogP contribution is -2.05. The number of fused-ring (bicyclic) bond motifs is 9. The summed E-state index contributed by atoms with van der Waals surface area (Å²) in [4.78, 5) is 10.7. The van der Waals surface area contributed by atoms with Crippen LogP contribution in [0.3, 0.4) is 0 Å². The zero-order valence-corrected chi connectivity index (χ0v) is 25.8. The zero-order valence-electron chi connectivity index (χ0n) is 25.8. The van der Waals surface area contributed by atoms with E-state index in [0.29, 0.717) is 5.95 Å². The number of nitrogens with zero attached hydrogens (tertiary/aromatic N) is 4. The molecule has 0 spiro atoms. The maximum absolute atomic E-state index is 5.47. The van der Waals surface area contributed by atoms with Gasteiger partial charge in [0.1, 0.15) is 0 Å². The average molecular weight is 611 g/mol. The second kappa shape index (κ2) is 9.50. The summed E-state index contributed by atoms with van der Waals surface area (Å²) in [7, 11) is 0. The minimum Gasteiger partial charge on any atom is -0.309 e. The maximum Gasteiger partial charge on any atom is 0.235 e. The van der Waals surface area contributed by atoms with Gasteiger partial charge in [-0.1, -0.05) is 121 Å². The van der Waals surface area contributed by atoms with Crippen molar-refractivity contribution in [3.05, 3.63) is 158 Å². The molecule has 0 unspecified atom stereocenters. The van der Waals surface area contributed by atoms with E-state index in [4.69, 9.17) is 9.97 Å². The van der Waals surface area contributed by atoms with Gasteiger partial charge in [0.25, 0.3) is 0 Å². The van der Waals surface area contributed by atoms with Crippen molar-refractivity contribution in [3.63, 3.8) is 0 Å². The van der Waals surface area contributed by atoms with Crippen LogP contribution in [-0.2, 0) is 0 Å². The van der Waals surface area contributed by atoms with Crippen molar-refractivity contribution in [2.75, 3.05) is 0 Å². The van der Waals surface area contributed by atoms with Crippen LogP contribution in [-0.4, -0.2) is 19.1 Å². The molecule has 0 saturated heterocycles. The standard InChI is InChI=1S/C44H26N4/c1-2-14-29(15-3-1)47-37-22-8-5-16-30(37)31-25-24-28(26-39(31)47)42-32-17-4-7-21-36(32)45-44(46-42)48-38-23-9-6-18-33(38)41-34-19-10-12-27-13-11-20-35(40(27)34)43(41)48/h1-26H. The first-order valence-electron chi connectivity index (χ1n) is 16.4. The Kier molecular flexibility index (Phi) is 5.08. The van der Waals surface area contributed by atoms with Gasteiger partial charge in [0, 0.05) is 43.9 Å². The van der Waals surface area contributed by atoms with Crippen LogP contribution in [0.5, 0.6) is 0 Å². The van der Waals surface area contributed by atoms with E-state index in [9.17, 15) is 0 Å². The van der Waals surface area contributed by atoms with Crippen LogP contribution < -0.4 is 0 Å². The van der Waals surface area contributed by atoms with Gasteiger partial charge in [0.15, 0.2) is 0 Å². The van der Waals surface area contributed by atoms with Crippen molar-refractivity contribution in [1.82, 2.24) is 19.1 Å². The minimum absolute atomic E-state index is 0.676. The molecule has 0 saturated carbocycles. The Labute approximate surface area is 275 Å². The largest absolute Gasteiger partial charge is 0.309 e. The molecule has 0 amide bonds. The normalized spacial score (nSPS) is 12.2. The molecule has 0 N–H and O–H groups in total. The van der Waals surface area contributed by atoms with Crippen LogP contribution in [0, 0.1) is 0 Å². The molecule has 0 aliphatic heterocycles.